The van der Waals surface area contributed by atoms with Crippen LogP contribution >= 0.6 is 0 Å². The van der Waals surface area contributed by atoms with Crippen molar-refractivity contribution in [2.24, 2.45) is 5.92 Å². The molecule has 15 heavy (non-hydrogen) atoms. The van der Waals surface area contributed by atoms with E-state index >= 15 is 0 Å². The largest absolute Gasteiger partial charge is 0.355 e. The second-order valence-corrected chi connectivity index (χ2v) is 3.98. The first-order valence-electron chi connectivity index (χ1n) is 6.04. The van der Waals surface area contributed by atoms with E-state index in [-0.39, 0.29) is 6.29 Å². The Labute approximate surface area is 94.5 Å². The summed E-state index contributed by atoms with van der Waals surface area (Å²) in [6.07, 6.45) is 5.07. The number of nitrogens with one attached hydrogen (secondary N) is 1. The van der Waals surface area contributed by atoms with Gasteiger partial charge in [-0.15, -0.1) is 0 Å². The fourth-order valence-corrected chi connectivity index (χ4v) is 1.61. The minimum Gasteiger partial charge on any atom is -0.355 e. The zero-order valence-electron chi connectivity index (χ0n) is 10.7. The highest BCUT2D eigenvalue weighted by Crippen LogP contribution is 2.11. The van der Waals surface area contributed by atoms with Gasteiger partial charge in [0.15, 0.2) is 6.29 Å². The van der Waals surface area contributed by atoms with Crippen LogP contribution in [0.5, 0.6) is 0 Å². The molecule has 0 rings (SSSR count). The minimum atomic E-state index is -0.117. The maximum absolute atomic E-state index is 5.11. The van der Waals surface area contributed by atoms with Gasteiger partial charge in [-0.05, 0) is 18.9 Å². The van der Waals surface area contributed by atoms with Gasteiger partial charge in [0.25, 0.3) is 0 Å². The molecule has 0 saturated heterocycles. The Morgan fingerprint density at radius 3 is 2.20 bits per heavy atom. The molecule has 3 heteroatoms. The van der Waals surface area contributed by atoms with E-state index in [4.69, 9.17) is 9.47 Å². The lowest BCUT2D eigenvalue weighted by Gasteiger charge is -2.18. The van der Waals surface area contributed by atoms with Gasteiger partial charge in [-0.3, -0.25) is 0 Å². The van der Waals surface area contributed by atoms with Gasteiger partial charge < -0.3 is 14.8 Å². The quantitative estimate of drug-likeness (QED) is 0.570. The molecule has 0 fully saturated rings. The van der Waals surface area contributed by atoms with E-state index in [9.17, 15) is 0 Å². The van der Waals surface area contributed by atoms with Crippen molar-refractivity contribution in [1.29, 1.82) is 0 Å². The first kappa shape index (κ1) is 14.9. The molecule has 0 amide bonds. The monoisotopic (exact) mass is 217 g/mol. The van der Waals surface area contributed by atoms with E-state index in [1.807, 2.05) is 0 Å². The van der Waals surface area contributed by atoms with Crippen LogP contribution in [0.2, 0.25) is 0 Å². The highest BCUT2D eigenvalue weighted by atomic mass is 16.7. The SMILES string of the molecule is CCCCC(CC)CNCC(OC)OC. The van der Waals surface area contributed by atoms with Crippen LogP contribution in [0.15, 0.2) is 0 Å². The molecule has 1 atom stereocenters. The molecule has 0 radical (unpaired) electrons. The summed E-state index contributed by atoms with van der Waals surface area (Å²) in [5.41, 5.74) is 0. The average molecular weight is 217 g/mol. The molecule has 0 heterocycles. The van der Waals surface area contributed by atoms with Crippen molar-refractivity contribution in [3.8, 4) is 0 Å². The van der Waals surface area contributed by atoms with Gasteiger partial charge in [-0.1, -0.05) is 33.1 Å². The molecule has 0 aliphatic carbocycles. The number of unbranched alkanes of at least 4 members (excludes halogenated alkanes) is 1. The van der Waals surface area contributed by atoms with Crippen LogP contribution in [0.1, 0.15) is 39.5 Å². The zero-order valence-corrected chi connectivity index (χ0v) is 10.7. The highest BCUT2D eigenvalue weighted by molar-refractivity contribution is 4.61. The molecule has 0 spiro atoms. The van der Waals surface area contributed by atoms with Crippen LogP contribution in [0.4, 0.5) is 0 Å². The maximum atomic E-state index is 5.11. The van der Waals surface area contributed by atoms with E-state index in [1.54, 1.807) is 14.2 Å². The smallest absolute Gasteiger partial charge is 0.169 e. The van der Waals surface area contributed by atoms with Crippen molar-refractivity contribution in [3.05, 3.63) is 0 Å². The Morgan fingerprint density at radius 2 is 1.73 bits per heavy atom. The third-order valence-corrected chi connectivity index (χ3v) is 2.81. The van der Waals surface area contributed by atoms with Gasteiger partial charge in [-0.25, -0.2) is 0 Å². The van der Waals surface area contributed by atoms with Gasteiger partial charge in [-0.2, -0.15) is 0 Å². The molecule has 0 aromatic carbocycles. The van der Waals surface area contributed by atoms with Crippen molar-refractivity contribution in [3.63, 3.8) is 0 Å². The molecular formula is C12H27NO2. The van der Waals surface area contributed by atoms with Crippen LogP contribution in [-0.4, -0.2) is 33.6 Å². The molecule has 3 nitrogen and oxygen atoms in total. The summed E-state index contributed by atoms with van der Waals surface area (Å²) < 4.78 is 10.2. The van der Waals surface area contributed by atoms with Crippen molar-refractivity contribution in [2.45, 2.75) is 45.8 Å². The topological polar surface area (TPSA) is 30.5 Å². The number of hydrogen-bond donors (Lipinski definition) is 1. The fourth-order valence-electron chi connectivity index (χ4n) is 1.61. The third-order valence-electron chi connectivity index (χ3n) is 2.81. The van der Waals surface area contributed by atoms with E-state index < -0.39 is 0 Å². The standard InChI is InChI=1S/C12H27NO2/c1-5-7-8-11(6-2)9-13-10-12(14-3)15-4/h11-13H,5-10H2,1-4H3. The minimum absolute atomic E-state index is 0.117. The Kier molecular flexibility index (Phi) is 10.3. The predicted molar refractivity (Wildman–Crippen MR) is 64.0 cm³/mol. The molecule has 1 N–H and O–H groups in total. The van der Waals surface area contributed by atoms with Gasteiger partial charge in [0.05, 0.1) is 0 Å². The number of ether oxygens (including phenoxy) is 2. The van der Waals surface area contributed by atoms with Crippen molar-refractivity contribution >= 4 is 0 Å². The first-order chi connectivity index (χ1) is 7.28. The Hall–Kier alpha value is -0.120. The summed E-state index contributed by atoms with van der Waals surface area (Å²) in [5.74, 6) is 0.791. The molecule has 1 unspecified atom stereocenters. The third kappa shape index (κ3) is 7.77. The van der Waals surface area contributed by atoms with Gasteiger partial charge in [0.1, 0.15) is 0 Å². The lowest BCUT2D eigenvalue weighted by molar-refractivity contribution is -0.0990. The average Bonchev–Trinajstić information content (AvgIpc) is 2.28. The van der Waals surface area contributed by atoms with E-state index in [0.29, 0.717) is 0 Å². The Morgan fingerprint density at radius 1 is 1.07 bits per heavy atom. The summed E-state index contributed by atoms with van der Waals surface area (Å²) in [7, 11) is 3.34. The summed E-state index contributed by atoms with van der Waals surface area (Å²) in [6, 6.07) is 0. The second-order valence-electron chi connectivity index (χ2n) is 3.98. The lowest BCUT2D eigenvalue weighted by atomic mass is 9.99. The Balaban J connectivity index is 3.52. The molecular weight excluding hydrogens is 190 g/mol. The highest BCUT2D eigenvalue weighted by Gasteiger charge is 2.08. The maximum Gasteiger partial charge on any atom is 0.169 e. The van der Waals surface area contributed by atoms with Crippen LogP contribution in [0.3, 0.4) is 0 Å². The summed E-state index contributed by atoms with van der Waals surface area (Å²) in [5, 5.41) is 3.40. The number of methoxy groups -OCH3 is 2. The Bertz CT molecular complexity index is 127. The molecule has 0 saturated carbocycles. The lowest BCUT2D eigenvalue weighted by Crippen LogP contribution is -2.33. The van der Waals surface area contributed by atoms with Crippen LogP contribution in [0, 0.1) is 5.92 Å². The van der Waals surface area contributed by atoms with Crippen molar-refractivity contribution in [1.82, 2.24) is 5.32 Å². The van der Waals surface area contributed by atoms with Crippen molar-refractivity contribution in [2.75, 3.05) is 27.3 Å². The summed E-state index contributed by atoms with van der Waals surface area (Å²) in [4.78, 5) is 0. The molecule has 92 valence electrons. The number of rotatable bonds is 10. The van der Waals surface area contributed by atoms with Gasteiger partial charge in [0, 0.05) is 20.8 Å². The van der Waals surface area contributed by atoms with Crippen LogP contribution < -0.4 is 5.32 Å². The summed E-state index contributed by atoms with van der Waals surface area (Å²) in [6.45, 7) is 6.34. The van der Waals surface area contributed by atoms with Gasteiger partial charge in [0.2, 0.25) is 0 Å². The zero-order chi connectivity index (χ0) is 11.5. The predicted octanol–water partition coefficient (Wildman–Crippen LogP) is 2.41. The first-order valence-corrected chi connectivity index (χ1v) is 6.04. The van der Waals surface area contributed by atoms with Crippen LogP contribution in [0.25, 0.3) is 0 Å². The van der Waals surface area contributed by atoms with E-state index in [1.165, 1.54) is 25.7 Å². The fraction of sp³-hybridized carbons (Fsp3) is 1.00. The summed E-state index contributed by atoms with van der Waals surface area (Å²) >= 11 is 0. The molecule has 0 aliphatic heterocycles. The molecule has 0 aromatic heterocycles. The molecule has 0 aliphatic rings. The second kappa shape index (κ2) is 10.4. The van der Waals surface area contributed by atoms with Gasteiger partial charge >= 0.3 is 0 Å². The molecule has 0 aromatic rings. The van der Waals surface area contributed by atoms with Crippen molar-refractivity contribution < 1.29 is 9.47 Å². The number of hydrogen-bond acceptors (Lipinski definition) is 3. The van der Waals surface area contributed by atoms with E-state index in [0.717, 1.165) is 19.0 Å². The van der Waals surface area contributed by atoms with Crippen LogP contribution in [-0.2, 0) is 9.47 Å². The van der Waals surface area contributed by atoms with E-state index in [2.05, 4.69) is 19.2 Å². The normalized spacial score (nSPS) is 13.4. The molecule has 0 bridgehead atoms.